The Morgan fingerprint density at radius 2 is 2.53 bits per heavy atom. The Bertz CT molecular complexity index is 436. The highest BCUT2D eigenvalue weighted by molar-refractivity contribution is 7.98. The maximum Gasteiger partial charge on any atom is 0.274 e. The third-order valence-corrected chi connectivity index (χ3v) is 3.93. The van der Waals surface area contributed by atoms with E-state index in [2.05, 4.69) is 15.6 Å². The van der Waals surface area contributed by atoms with Crippen LogP contribution in [-0.4, -0.2) is 34.4 Å². The van der Waals surface area contributed by atoms with Crippen molar-refractivity contribution in [2.45, 2.75) is 12.4 Å². The molecule has 0 amide bonds. The van der Waals surface area contributed by atoms with E-state index in [1.165, 1.54) is 11.3 Å². The molecule has 0 aliphatic carbocycles. The highest BCUT2D eigenvalue weighted by Crippen LogP contribution is 2.15. The SMILES string of the molecule is CNC(=C[N+](=O)[O-])NCCSCc1csc(CO)n1. The Kier molecular flexibility index (Phi) is 7.23. The van der Waals surface area contributed by atoms with E-state index in [0.717, 1.165) is 28.4 Å². The van der Waals surface area contributed by atoms with Crippen LogP contribution in [0, 0.1) is 10.1 Å². The molecule has 1 aromatic rings. The van der Waals surface area contributed by atoms with Gasteiger partial charge in [-0.15, -0.1) is 11.3 Å². The summed E-state index contributed by atoms with van der Waals surface area (Å²) in [4.78, 5) is 14.0. The molecule has 0 atom stereocenters. The van der Waals surface area contributed by atoms with Crippen molar-refractivity contribution < 1.29 is 10.0 Å². The Morgan fingerprint density at radius 3 is 3.11 bits per heavy atom. The summed E-state index contributed by atoms with van der Waals surface area (Å²) < 4.78 is 0. The molecule has 0 saturated heterocycles. The lowest BCUT2D eigenvalue weighted by atomic mass is 10.6. The van der Waals surface area contributed by atoms with Gasteiger partial charge in [0.05, 0.1) is 17.2 Å². The van der Waals surface area contributed by atoms with Gasteiger partial charge in [0.15, 0.2) is 5.82 Å². The predicted molar refractivity (Wildman–Crippen MR) is 76.3 cm³/mol. The summed E-state index contributed by atoms with van der Waals surface area (Å²) in [6.45, 7) is 0.607. The minimum Gasteiger partial charge on any atom is -0.389 e. The van der Waals surface area contributed by atoms with E-state index in [4.69, 9.17) is 5.11 Å². The molecule has 3 N–H and O–H groups in total. The number of nitro groups is 1. The smallest absolute Gasteiger partial charge is 0.274 e. The number of aliphatic hydroxyl groups is 1. The number of thiazole rings is 1. The average molecular weight is 304 g/mol. The molecule has 0 fully saturated rings. The Hall–Kier alpha value is -1.32. The highest BCUT2D eigenvalue weighted by Gasteiger charge is 2.02. The topological polar surface area (TPSA) is 100 Å². The largest absolute Gasteiger partial charge is 0.389 e. The van der Waals surface area contributed by atoms with E-state index in [1.807, 2.05) is 5.38 Å². The van der Waals surface area contributed by atoms with Crippen LogP contribution >= 0.6 is 23.1 Å². The standard InChI is InChI=1S/C10H16N4O3S2/c1-11-9(4-14(16)17)12-2-3-18-6-8-7-19-10(5-15)13-8/h4,7,11-12,15H,2-3,5-6H2,1H3. The van der Waals surface area contributed by atoms with E-state index >= 15 is 0 Å². The molecule has 0 bridgehead atoms. The normalized spacial score (nSPS) is 11.4. The van der Waals surface area contributed by atoms with Gasteiger partial charge in [-0.25, -0.2) is 4.98 Å². The van der Waals surface area contributed by atoms with Crippen LogP contribution in [0.5, 0.6) is 0 Å². The number of aliphatic hydroxyl groups excluding tert-OH is 1. The molecule has 9 heteroatoms. The van der Waals surface area contributed by atoms with Crippen molar-refractivity contribution in [2.24, 2.45) is 0 Å². The van der Waals surface area contributed by atoms with Crippen molar-refractivity contribution in [2.75, 3.05) is 19.3 Å². The number of hydrogen-bond donors (Lipinski definition) is 3. The lowest BCUT2D eigenvalue weighted by Gasteiger charge is -2.06. The summed E-state index contributed by atoms with van der Waals surface area (Å²) in [5, 5.41) is 27.5. The molecule has 0 radical (unpaired) electrons. The van der Waals surface area contributed by atoms with Gasteiger partial charge in [-0.1, -0.05) is 0 Å². The number of aromatic nitrogens is 1. The minimum atomic E-state index is -0.502. The Labute approximate surface area is 119 Å². The first-order chi connectivity index (χ1) is 9.15. The van der Waals surface area contributed by atoms with Gasteiger partial charge < -0.3 is 15.7 Å². The van der Waals surface area contributed by atoms with Crippen molar-refractivity contribution in [3.63, 3.8) is 0 Å². The number of nitrogens with one attached hydrogen (secondary N) is 2. The van der Waals surface area contributed by atoms with E-state index in [9.17, 15) is 10.1 Å². The zero-order valence-electron chi connectivity index (χ0n) is 10.5. The number of thioether (sulfide) groups is 1. The third kappa shape index (κ3) is 6.41. The molecule has 1 aromatic heterocycles. The van der Waals surface area contributed by atoms with Crippen LogP contribution in [0.3, 0.4) is 0 Å². The minimum absolute atomic E-state index is 0.0197. The van der Waals surface area contributed by atoms with Gasteiger partial charge in [-0.2, -0.15) is 11.8 Å². The van der Waals surface area contributed by atoms with Gasteiger partial charge in [-0.05, 0) is 0 Å². The van der Waals surface area contributed by atoms with Crippen molar-refractivity contribution in [1.29, 1.82) is 0 Å². The van der Waals surface area contributed by atoms with Gasteiger partial charge >= 0.3 is 0 Å². The average Bonchev–Trinajstić information content (AvgIpc) is 2.84. The highest BCUT2D eigenvalue weighted by atomic mass is 32.2. The zero-order chi connectivity index (χ0) is 14.1. The molecule has 7 nitrogen and oxygen atoms in total. The third-order valence-electron chi connectivity index (χ3n) is 2.05. The first-order valence-corrected chi connectivity index (χ1v) is 7.58. The monoisotopic (exact) mass is 304 g/mol. The van der Waals surface area contributed by atoms with Crippen molar-refractivity contribution in [1.82, 2.24) is 15.6 Å². The van der Waals surface area contributed by atoms with E-state index in [0.29, 0.717) is 12.4 Å². The maximum absolute atomic E-state index is 10.3. The fourth-order valence-electron chi connectivity index (χ4n) is 1.23. The lowest BCUT2D eigenvalue weighted by molar-refractivity contribution is -0.404. The van der Waals surface area contributed by atoms with Crippen LogP contribution in [0.25, 0.3) is 0 Å². The zero-order valence-corrected chi connectivity index (χ0v) is 12.1. The summed E-state index contributed by atoms with van der Waals surface area (Å²) in [5.74, 6) is 1.97. The number of hydrogen-bond acceptors (Lipinski definition) is 8. The molecule has 0 saturated carbocycles. The second kappa shape index (κ2) is 8.73. The van der Waals surface area contributed by atoms with Crippen LogP contribution in [0.15, 0.2) is 17.4 Å². The molecule has 106 valence electrons. The fraction of sp³-hybridized carbons (Fsp3) is 0.500. The molecule has 0 unspecified atom stereocenters. The van der Waals surface area contributed by atoms with Crippen LogP contribution < -0.4 is 10.6 Å². The summed E-state index contributed by atoms with van der Waals surface area (Å²) in [6.07, 6.45) is 0.901. The Morgan fingerprint density at radius 1 is 1.74 bits per heavy atom. The molecule has 0 spiro atoms. The van der Waals surface area contributed by atoms with Gasteiger partial charge in [0.2, 0.25) is 0 Å². The first kappa shape index (κ1) is 15.7. The second-order valence-electron chi connectivity index (χ2n) is 3.45. The van der Waals surface area contributed by atoms with Gasteiger partial charge in [0.1, 0.15) is 5.01 Å². The molecular formula is C10H16N4O3S2. The van der Waals surface area contributed by atoms with Gasteiger partial charge in [0, 0.05) is 30.5 Å². The van der Waals surface area contributed by atoms with Crippen molar-refractivity contribution in [3.8, 4) is 0 Å². The lowest BCUT2D eigenvalue weighted by Crippen LogP contribution is -2.26. The second-order valence-corrected chi connectivity index (χ2v) is 5.50. The van der Waals surface area contributed by atoms with E-state index in [1.54, 1.807) is 18.8 Å². The van der Waals surface area contributed by atoms with Crippen LogP contribution in [0.1, 0.15) is 10.7 Å². The molecule has 19 heavy (non-hydrogen) atoms. The van der Waals surface area contributed by atoms with Crippen LogP contribution in [-0.2, 0) is 12.4 Å². The summed E-state index contributed by atoms with van der Waals surface area (Å²) in [7, 11) is 1.63. The summed E-state index contributed by atoms with van der Waals surface area (Å²) >= 11 is 3.12. The van der Waals surface area contributed by atoms with Crippen molar-refractivity contribution >= 4 is 23.1 Å². The molecular weight excluding hydrogens is 288 g/mol. The van der Waals surface area contributed by atoms with Crippen LogP contribution in [0.2, 0.25) is 0 Å². The van der Waals surface area contributed by atoms with Crippen LogP contribution in [0.4, 0.5) is 0 Å². The quantitative estimate of drug-likeness (QED) is 0.352. The van der Waals surface area contributed by atoms with Crippen molar-refractivity contribution in [3.05, 3.63) is 38.2 Å². The fourth-order valence-corrected chi connectivity index (χ4v) is 2.73. The van der Waals surface area contributed by atoms with Gasteiger partial charge in [0.25, 0.3) is 6.20 Å². The first-order valence-electron chi connectivity index (χ1n) is 5.54. The number of rotatable bonds is 9. The van der Waals surface area contributed by atoms with Gasteiger partial charge in [-0.3, -0.25) is 10.1 Å². The number of nitrogens with zero attached hydrogens (tertiary/aromatic N) is 2. The molecule has 1 heterocycles. The molecule has 0 aliphatic heterocycles. The molecule has 0 aliphatic rings. The van der Waals surface area contributed by atoms with E-state index in [-0.39, 0.29) is 6.61 Å². The molecule has 0 aromatic carbocycles. The van der Waals surface area contributed by atoms with E-state index < -0.39 is 4.92 Å². The maximum atomic E-state index is 10.3. The predicted octanol–water partition coefficient (Wildman–Crippen LogP) is 0.753. The summed E-state index contributed by atoms with van der Waals surface area (Å²) in [6, 6.07) is 0. The summed E-state index contributed by atoms with van der Waals surface area (Å²) in [5.41, 5.74) is 0.953. The Balaban J connectivity index is 2.18. The molecule has 1 rings (SSSR count).